The molecule has 0 bridgehead atoms. The maximum absolute atomic E-state index is 12.2. The molecule has 0 spiro atoms. The van der Waals surface area contributed by atoms with Crippen molar-refractivity contribution in [3.63, 3.8) is 0 Å². The van der Waals surface area contributed by atoms with Crippen LogP contribution in [-0.4, -0.2) is 97.0 Å². The summed E-state index contributed by atoms with van der Waals surface area (Å²) >= 11 is 0. The SMILES string of the molecule is O=C(O)C(Cc1cccc(CCN(CCc2cccc(CC(C(=O)O)C3CCNC3)c2)CCc2cccc(CC(C(=O)O)C3CCNC3)c2)c1)C1CCNC1. The molecule has 6 atom stereocenters. The first-order chi connectivity index (χ1) is 26.7. The van der Waals surface area contributed by atoms with E-state index in [-0.39, 0.29) is 17.8 Å². The zero-order valence-corrected chi connectivity index (χ0v) is 32.1. The van der Waals surface area contributed by atoms with Gasteiger partial charge in [-0.3, -0.25) is 14.4 Å². The third kappa shape index (κ3) is 12.0. The normalized spacial score (nSPS) is 21.4. The average molecular weight is 753 g/mol. The number of hydrogen-bond acceptors (Lipinski definition) is 7. The van der Waals surface area contributed by atoms with E-state index in [1.54, 1.807) is 0 Å². The number of carboxylic acids is 3. The molecule has 10 nitrogen and oxygen atoms in total. The van der Waals surface area contributed by atoms with Crippen LogP contribution in [0.3, 0.4) is 0 Å². The molecule has 3 aliphatic rings. The van der Waals surface area contributed by atoms with E-state index in [1.165, 1.54) is 16.7 Å². The molecule has 0 saturated carbocycles. The topological polar surface area (TPSA) is 151 Å². The highest BCUT2D eigenvalue weighted by Crippen LogP contribution is 2.27. The van der Waals surface area contributed by atoms with Crippen LogP contribution in [0.15, 0.2) is 72.8 Å². The van der Waals surface area contributed by atoms with E-state index < -0.39 is 35.7 Å². The van der Waals surface area contributed by atoms with Crippen LogP contribution in [0.1, 0.15) is 52.6 Å². The minimum atomic E-state index is -0.721. The average Bonchev–Trinajstić information content (AvgIpc) is 4.01. The Kier molecular flexibility index (Phi) is 14.9. The van der Waals surface area contributed by atoms with Gasteiger partial charge >= 0.3 is 17.9 Å². The molecule has 3 fully saturated rings. The second kappa shape index (κ2) is 20.2. The first-order valence-electron chi connectivity index (χ1n) is 20.5. The Balaban J connectivity index is 1.12. The van der Waals surface area contributed by atoms with Gasteiger partial charge in [-0.05, 0) is 148 Å². The highest BCUT2D eigenvalue weighted by molar-refractivity contribution is 5.72. The van der Waals surface area contributed by atoms with Gasteiger partial charge in [-0.2, -0.15) is 0 Å². The van der Waals surface area contributed by atoms with Gasteiger partial charge in [0.1, 0.15) is 0 Å². The standard InChI is InChI=1S/C45H60N4O6/c50-43(51)40(37-10-16-46-28-37)25-34-7-1-4-31(22-34)13-19-49(20-14-32-5-2-8-35(23-32)26-41(44(52)53)38-11-17-47-29-38)21-15-33-6-3-9-36(24-33)27-42(45(54)55)39-12-18-48-30-39/h1-9,22-24,37-42,46-48H,10-21,25-30H2,(H,50,51)(H,52,53)(H,54,55). The molecule has 0 aromatic heterocycles. The minimum Gasteiger partial charge on any atom is -0.481 e. The smallest absolute Gasteiger partial charge is 0.307 e. The summed E-state index contributed by atoms with van der Waals surface area (Å²) in [6.07, 6.45) is 6.80. The predicted octanol–water partition coefficient (Wildman–Crippen LogP) is 4.57. The van der Waals surface area contributed by atoms with Crippen molar-refractivity contribution in [1.29, 1.82) is 0 Å². The molecule has 3 aromatic carbocycles. The molecule has 6 unspecified atom stereocenters. The Morgan fingerprint density at radius 3 is 1.05 bits per heavy atom. The lowest BCUT2D eigenvalue weighted by atomic mass is 9.85. The van der Waals surface area contributed by atoms with Crippen LogP contribution in [-0.2, 0) is 52.9 Å². The van der Waals surface area contributed by atoms with E-state index in [1.807, 2.05) is 0 Å². The van der Waals surface area contributed by atoms with Crippen LogP contribution in [0.2, 0.25) is 0 Å². The molecule has 55 heavy (non-hydrogen) atoms. The summed E-state index contributed by atoms with van der Waals surface area (Å²) in [5.41, 5.74) is 6.79. The van der Waals surface area contributed by atoms with Crippen molar-refractivity contribution in [2.24, 2.45) is 35.5 Å². The van der Waals surface area contributed by atoms with E-state index in [2.05, 4.69) is 93.6 Å². The van der Waals surface area contributed by atoms with Gasteiger partial charge < -0.3 is 36.2 Å². The molecule has 296 valence electrons. The number of nitrogens with zero attached hydrogens (tertiary/aromatic N) is 1. The molecule has 3 aromatic rings. The van der Waals surface area contributed by atoms with Crippen LogP contribution < -0.4 is 16.0 Å². The fourth-order valence-corrected chi connectivity index (χ4v) is 9.12. The number of hydrogen-bond donors (Lipinski definition) is 6. The summed E-state index contributed by atoms with van der Waals surface area (Å²) in [6.45, 7) is 7.41. The maximum atomic E-state index is 12.2. The van der Waals surface area contributed by atoms with Crippen molar-refractivity contribution in [3.05, 3.63) is 106 Å². The van der Waals surface area contributed by atoms with Crippen molar-refractivity contribution in [2.75, 3.05) is 58.9 Å². The molecule has 3 heterocycles. The predicted molar refractivity (Wildman–Crippen MR) is 214 cm³/mol. The molecule has 3 aliphatic heterocycles. The third-order valence-electron chi connectivity index (χ3n) is 12.4. The van der Waals surface area contributed by atoms with E-state index in [0.29, 0.717) is 19.3 Å². The molecule has 0 radical (unpaired) electrons. The molecule has 6 N–H and O–H groups in total. The Labute approximate surface area is 326 Å². The summed E-state index contributed by atoms with van der Waals surface area (Å²) in [7, 11) is 0. The van der Waals surface area contributed by atoms with Gasteiger partial charge in [-0.25, -0.2) is 0 Å². The zero-order chi connectivity index (χ0) is 38.6. The van der Waals surface area contributed by atoms with Crippen LogP contribution in [0.4, 0.5) is 0 Å². The van der Waals surface area contributed by atoms with Crippen molar-refractivity contribution in [1.82, 2.24) is 20.9 Å². The van der Waals surface area contributed by atoms with E-state index in [9.17, 15) is 29.7 Å². The first-order valence-corrected chi connectivity index (χ1v) is 20.5. The lowest BCUT2D eigenvalue weighted by Crippen LogP contribution is -2.31. The Morgan fingerprint density at radius 1 is 0.509 bits per heavy atom. The second-order valence-electron chi connectivity index (χ2n) is 16.3. The van der Waals surface area contributed by atoms with Gasteiger partial charge in [0.05, 0.1) is 17.8 Å². The van der Waals surface area contributed by atoms with Gasteiger partial charge in [-0.1, -0.05) is 72.8 Å². The van der Waals surface area contributed by atoms with Crippen LogP contribution in [0.25, 0.3) is 0 Å². The van der Waals surface area contributed by atoms with Crippen molar-refractivity contribution >= 4 is 17.9 Å². The molecular weight excluding hydrogens is 693 g/mol. The largest absolute Gasteiger partial charge is 0.481 e. The first kappa shape index (κ1) is 40.6. The molecule has 10 heteroatoms. The van der Waals surface area contributed by atoms with Gasteiger partial charge in [0.2, 0.25) is 0 Å². The van der Waals surface area contributed by atoms with Crippen molar-refractivity contribution in [2.45, 2.75) is 57.8 Å². The van der Waals surface area contributed by atoms with Crippen molar-refractivity contribution in [3.8, 4) is 0 Å². The van der Waals surface area contributed by atoms with Gasteiger partial charge in [0.25, 0.3) is 0 Å². The Morgan fingerprint density at radius 2 is 0.800 bits per heavy atom. The van der Waals surface area contributed by atoms with Crippen molar-refractivity contribution < 1.29 is 29.7 Å². The molecule has 6 rings (SSSR count). The number of carbonyl (C=O) groups is 3. The molecule has 3 saturated heterocycles. The molecule has 0 amide bonds. The lowest BCUT2D eigenvalue weighted by molar-refractivity contribution is -0.144. The monoisotopic (exact) mass is 752 g/mol. The van der Waals surface area contributed by atoms with Crippen LogP contribution in [0.5, 0.6) is 0 Å². The fraction of sp³-hybridized carbons (Fsp3) is 0.533. The van der Waals surface area contributed by atoms with Gasteiger partial charge in [0, 0.05) is 19.6 Å². The molecular formula is C45H60N4O6. The minimum absolute atomic E-state index is 0.151. The summed E-state index contributed by atoms with van der Waals surface area (Å²) in [5, 5.41) is 40.0. The number of aliphatic carboxylic acids is 3. The summed E-state index contributed by atoms with van der Waals surface area (Å²) in [6, 6.07) is 25.3. The summed E-state index contributed by atoms with van der Waals surface area (Å²) < 4.78 is 0. The van der Waals surface area contributed by atoms with Gasteiger partial charge in [-0.15, -0.1) is 0 Å². The van der Waals surface area contributed by atoms with Gasteiger partial charge in [0.15, 0.2) is 0 Å². The highest BCUT2D eigenvalue weighted by atomic mass is 16.4. The third-order valence-corrected chi connectivity index (χ3v) is 12.4. The number of nitrogens with one attached hydrogen (secondary N) is 3. The zero-order valence-electron chi connectivity index (χ0n) is 32.1. The van der Waals surface area contributed by atoms with E-state index in [4.69, 9.17) is 0 Å². The fourth-order valence-electron chi connectivity index (χ4n) is 9.12. The number of rotatable bonds is 21. The Hall–Kier alpha value is -4.09. The number of carboxylic acid groups (broad SMARTS) is 3. The summed E-state index contributed by atoms with van der Waals surface area (Å²) in [5.74, 6) is -2.89. The second-order valence-corrected chi connectivity index (χ2v) is 16.3. The quantitative estimate of drug-likeness (QED) is 0.0914. The number of benzene rings is 3. The van der Waals surface area contributed by atoms with Crippen LogP contribution in [0, 0.1) is 35.5 Å². The lowest BCUT2D eigenvalue weighted by Gasteiger charge is -2.24. The van der Waals surface area contributed by atoms with E-state index >= 15 is 0 Å². The highest BCUT2D eigenvalue weighted by Gasteiger charge is 2.32. The molecule has 0 aliphatic carbocycles. The summed E-state index contributed by atoms with van der Waals surface area (Å²) in [4.78, 5) is 39.1. The van der Waals surface area contributed by atoms with E-state index in [0.717, 1.165) is 114 Å². The maximum Gasteiger partial charge on any atom is 0.307 e. The Bertz CT molecular complexity index is 1520. The van der Waals surface area contributed by atoms with Crippen LogP contribution >= 0.6 is 0 Å².